The van der Waals surface area contributed by atoms with Gasteiger partial charge < -0.3 is 14.8 Å². The topological polar surface area (TPSA) is 82.2 Å². The zero-order chi connectivity index (χ0) is 26.1. The molecule has 0 bridgehead atoms. The Morgan fingerprint density at radius 1 is 1.11 bits per heavy atom. The quantitative estimate of drug-likeness (QED) is 0.256. The first-order valence-electron chi connectivity index (χ1n) is 12.9. The van der Waals surface area contributed by atoms with Gasteiger partial charge in [-0.2, -0.15) is 0 Å². The molecule has 0 aliphatic carbocycles. The number of fused-ring (bicyclic) bond motifs is 3. The van der Waals surface area contributed by atoms with E-state index in [1.54, 1.807) is 17.5 Å². The molecule has 1 fully saturated rings. The van der Waals surface area contributed by atoms with Crippen molar-refractivity contribution < 1.29 is 9.59 Å². The van der Waals surface area contributed by atoms with E-state index in [2.05, 4.69) is 34.7 Å². The molecule has 6 rings (SSSR count). The highest BCUT2D eigenvalue weighted by Crippen LogP contribution is 2.33. The van der Waals surface area contributed by atoms with E-state index in [1.165, 1.54) is 22.7 Å². The van der Waals surface area contributed by atoms with Gasteiger partial charge in [-0.25, -0.2) is 9.97 Å². The van der Waals surface area contributed by atoms with Crippen LogP contribution in [-0.2, 0) is 13.0 Å². The first-order chi connectivity index (χ1) is 18.6. The Balaban J connectivity index is 1.08. The summed E-state index contributed by atoms with van der Waals surface area (Å²) >= 11 is 3.09. The van der Waals surface area contributed by atoms with Crippen LogP contribution in [0.5, 0.6) is 0 Å². The number of hydrogen-bond acceptors (Lipinski definition) is 6. The predicted octanol–water partition coefficient (Wildman–Crippen LogP) is 5.52. The number of pyridine rings is 1. The summed E-state index contributed by atoms with van der Waals surface area (Å²) in [5, 5.41) is 4.90. The summed E-state index contributed by atoms with van der Waals surface area (Å²) in [6.45, 7) is 6.37. The van der Waals surface area contributed by atoms with Gasteiger partial charge in [-0.3, -0.25) is 9.59 Å². The number of nitrogens with zero attached hydrogens (tertiary/aromatic N) is 4. The maximum absolute atomic E-state index is 13.3. The van der Waals surface area contributed by atoms with Crippen LogP contribution in [0.1, 0.15) is 55.9 Å². The number of para-hydroxylation sites is 1. The minimum Gasteiger partial charge on any atom is -0.357 e. The Kier molecular flexibility index (Phi) is 7.04. The molecule has 0 spiro atoms. The maximum atomic E-state index is 13.3. The zero-order valence-corrected chi connectivity index (χ0v) is 22.7. The van der Waals surface area contributed by atoms with Gasteiger partial charge >= 0.3 is 0 Å². The van der Waals surface area contributed by atoms with Crippen LogP contribution in [0.3, 0.4) is 0 Å². The Hall–Kier alpha value is -3.43. The molecular formula is C29H29N5O2S2. The van der Waals surface area contributed by atoms with Crippen LogP contribution in [0.15, 0.2) is 65.7 Å². The number of H-pyrrole nitrogens is 1. The number of thioether (sulfide) groups is 1. The lowest BCUT2D eigenvalue weighted by Crippen LogP contribution is -2.38. The van der Waals surface area contributed by atoms with Crippen LogP contribution >= 0.6 is 23.1 Å². The molecule has 1 saturated heterocycles. The molecule has 2 aliphatic heterocycles. The van der Waals surface area contributed by atoms with Crippen LogP contribution in [0.4, 0.5) is 0 Å². The molecule has 0 unspecified atom stereocenters. The molecule has 38 heavy (non-hydrogen) atoms. The molecule has 7 nitrogen and oxygen atoms in total. The standard InChI is InChI=1S/C29H29N5O2S2/c1-2-16-37-27-22(7-5-12-30-27)28(35)33-13-9-19(10-14-33)26-32-25(18-38-26)29(36)34-15-11-21-20-6-3-4-8-23(20)31-24(21)17-34/h2-8,12,18-19,31H,1,9-11,13-17H2. The number of thiazole rings is 1. The first kappa shape index (κ1) is 24.9. The van der Waals surface area contributed by atoms with Crippen LogP contribution in [-0.4, -0.2) is 62.0 Å². The minimum absolute atomic E-state index is 0.00875. The van der Waals surface area contributed by atoms with Crippen LogP contribution in [0.2, 0.25) is 0 Å². The van der Waals surface area contributed by atoms with Crippen molar-refractivity contribution in [3.8, 4) is 0 Å². The van der Waals surface area contributed by atoms with E-state index in [0.29, 0.717) is 43.2 Å². The van der Waals surface area contributed by atoms with E-state index >= 15 is 0 Å². The number of amides is 2. The second-order valence-corrected chi connectivity index (χ2v) is 11.6. The largest absolute Gasteiger partial charge is 0.357 e. The molecule has 4 aromatic rings. The normalized spacial score (nSPS) is 16.0. The molecule has 194 valence electrons. The van der Waals surface area contributed by atoms with Crippen LogP contribution in [0, 0.1) is 0 Å². The molecule has 2 amide bonds. The Labute approximate surface area is 230 Å². The summed E-state index contributed by atoms with van der Waals surface area (Å²) in [6, 6.07) is 12.0. The van der Waals surface area contributed by atoms with Gasteiger partial charge in [-0.1, -0.05) is 24.3 Å². The smallest absolute Gasteiger partial charge is 0.273 e. The van der Waals surface area contributed by atoms with E-state index in [1.807, 2.05) is 39.5 Å². The van der Waals surface area contributed by atoms with Crippen molar-refractivity contribution in [3.05, 3.63) is 88.2 Å². The van der Waals surface area contributed by atoms with Crippen molar-refractivity contribution in [1.82, 2.24) is 24.8 Å². The van der Waals surface area contributed by atoms with Gasteiger partial charge in [-0.05, 0) is 43.0 Å². The SMILES string of the molecule is C=CCSc1ncccc1C(=O)N1CCC(c2nc(C(=O)N3CCc4c([nH]c5ccccc45)C3)cs2)CC1. The number of nitrogens with one attached hydrogen (secondary N) is 1. The molecule has 1 aromatic carbocycles. The fourth-order valence-corrected chi connectivity index (χ4v) is 7.10. The Morgan fingerprint density at radius 3 is 2.79 bits per heavy atom. The third-order valence-corrected chi connectivity index (χ3v) is 9.39. The number of piperidine rings is 1. The van der Waals surface area contributed by atoms with Crippen molar-refractivity contribution >= 4 is 45.8 Å². The maximum Gasteiger partial charge on any atom is 0.273 e. The van der Waals surface area contributed by atoms with E-state index < -0.39 is 0 Å². The minimum atomic E-state index is -0.00875. The summed E-state index contributed by atoms with van der Waals surface area (Å²) in [5.74, 6) is 0.992. The number of carbonyl (C=O) groups excluding carboxylic acids is 2. The molecule has 0 atom stereocenters. The van der Waals surface area contributed by atoms with Crippen molar-refractivity contribution in [3.63, 3.8) is 0 Å². The molecular weight excluding hydrogens is 514 g/mol. The lowest BCUT2D eigenvalue weighted by Gasteiger charge is -2.31. The predicted molar refractivity (Wildman–Crippen MR) is 152 cm³/mol. The Morgan fingerprint density at radius 2 is 1.95 bits per heavy atom. The number of benzene rings is 1. The second-order valence-electron chi connectivity index (χ2n) is 9.70. The second kappa shape index (κ2) is 10.7. The fourth-order valence-electron chi connectivity index (χ4n) is 5.41. The first-order valence-corrected chi connectivity index (χ1v) is 14.8. The monoisotopic (exact) mass is 543 g/mol. The summed E-state index contributed by atoms with van der Waals surface area (Å²) < 4.78 is 0. The van der Waals surface area contributed by atoms with E-state index in [9.17, 15) is 9.59 Å². The average molecular weight is 544 g/mol. The average Bonchev–Trinajstić information content (AvgIpc) is 3.60. The van der Waals surface area contributed by atoms with Crippen LogP contribution < -0.4 is 0 Å². The third-order valence-electron chi connectivity index (χ3n) is 7.38. The van der Waals surface area contributed by atoms with Crippen molar-refractivity contribution in [2.75, 3.05) is 25.4 Å². The number of aromatic amines is 1. The summed E-state index contributed by atoms with van der Waals surface area (Å²) in [7, 11) is 0. The van der Waals surface area contributed by atoms with Crippen molar-refractivity contribution in [2.24, 2.45) is 0 Å². The lowest BCUT2D eigenvalue weighted by atomic mass is 9.97. The van der Waals surface area contributed by atoms with Gasteiger partial charge in [0.2, 0.25) is 0 Å². The highest BCUT2D eigenvalue weighted by molar-refractivity contribution is 7.99. The lowest BCUT2D eigenvalue weighted by molar-refractivity contribution is 0.0708. The number of carbonyl (C=O) groups is 2. The van der Waals surface area contributed by atoms with Crippen molar-refractivity contribution in [1.29, 1.82) is 0 Å². The number of likely N-dealkylation sites (tertiary alicyclic amines) is 1. The van der Waals surface area contributed by atoms with Gasteiger partial charge in [0.1, 0.15) is 10.7 Å². The molecule has 0 saturated carbocycles. The molecule has 1 N–H and O–H groups in total. The zero-order valence-electron chi connectivity index (χ0n) is 21.1. The molecule has 0 radical (unpaired) electrons. The van der Waals surface area contributed by atoms with Gasteiger partial charge in [0.15, 0.2) is 0 Å². The summed E-state index contributed by atoms with van der Waals surface area (Å²) in [6.07, 6.45) is 6.06. The summed E-state index contributed by atoms with van der Waals surface area (Å²) in [5.41, 5.74) is 4.75. The number of rotatable bonds is 6. The van der Waals surface area contributed by atoms with Gasteiger partial charge in [-0.15, -0.1) is 29.7 Å². The van der Waals surface area contributed by atoms with Gasteiger partial charge in [0, 0.05) is 59.5 Å². The molecule has 3 aromatic heterocycles. The van der Waals surface area contributed by atoms with Crippen LogP contribution in [0.25, 0.3) is 10.9 Å². The highest BCUT2D eigenvalue weighted by atomic mass is 32.2. The number of aromatic nitrogens is 3. The highest BCUT2D eigenvalue weighted by Gasteiger charge is 2.30. The van der Waals surface area contributed by atoms with Gasteiger partial charge in [0.25, 0.3) is 11.8 Å². The summed E-state index contributed by atoms with van der Waals surface area (Å²) in [4.78, 5) is 43.0. The van der Waals surface area contributed by atoms with E-state index in [-0.39, 0.29) is 17.7 Å². The Bertz CT molecular complexity index is 1500. The van der Waals surface area contributed by atoms with E-state index in [4.69, 9.17) is 4.98 Å². The number of hydrogen-bond donors (Lipinski definition) is 1. The molecule has 9 heteroatoms. The van der Waals surface area contributed by atoms with Crippen molar-refractivity contribution in [2.45, 2.75) is 36.8 Å². The van der Waals surface area contributed by atoms with E-state index in [0.717, 1.165) is 40.5 Å². The molecule has 2 aliphatic rings. The third kappa shape index (κ3) is 4.76. The van der Waals surface area contributed by atoms with Gasteiger partial charge in [0.05, 0.1) is 17.1 Å². The fraction of sp³-hybridized carbons (Fsp3) is 0.310. The molecule has 5 heterocycles.